The van der Waals surface area contributed by atoms with E-state index in [9.17, 15) is 13.5 Å². The number of aliphatic hydroxyl groups is 1. The molecule has 0 aliphatic carbocycles. The van der Waals surface area contributed by atoms with Gasteiger partial charge in [-0.25, -0.2) is 12.7 Å². The monoisotopic (exact) mass is 508 g/mol. The molecule has 3 aromatic carbocycles. The molecule has 0 spiro atoms. The topological polar surface area (TPSA) is 70.1 Å². The molecule has 0 bridgehead atoms. The zero-order valence-electron chi connectivity index (χ0n) is 21.1. The lowest BCUT2D eigenvalue weighted by molar-refractivity contribution is -0.0146. The summed E-state index contributed by atoms with van der Waals surface area (Å²) < 4.78 is 31.4. The third-order valence-electron chi connectivity index (χ3n) is 7.10. The summed E-state index contributed by atoms with van der Waals surface area (Å²) in [5.74, 6) is 0.814. The second kappa shape index (κ2) is 11.6. The number of nitrogens with zero attached hydrogens (tertiary/aromatic N) is 2. The summed E-state index contributed by atoms with van der Waals surface area (Å²) in [5, 5.41) is 12.0. The van der Waals surface area contributed by atoms with E-state index in [-0.39, 0.29) is 10.8 Å². The van der Waals surface area contributed by atoms with Crippen molar-refractivity contribution in [2.75, 3.05) is 40.3 Å². The molecule has 7 heteroatoms. The van der Waals surface area contributed by atoms with Crippen LogP contribution in [0.3, 0.4) is 0 Å². The van der Waals surface area contributed by atoms with E-state index in [1.165, 1.54) is 18.4 Å². The summed E-state index contributed by atoms with van der Waals surface area (Å²) in [7, 11) is -0.390. The Hall–Kier alpha value is -2.71. The average molecular weight is 509 g/mol. The Morgan fingerprint density at radius 1 is 0.889 bits per heavy atom. The minimum Gasteiger partial charge on any atom is -0.494 e. The molecule has 0 radical (unpaired) electrons. The Morgan fingerprint density at radius 2 is 1.42 bits per heavy atom. The van der Waals surface area contributed by atoms with E-state index < -0.39 is 15.6 Å². The third-order valence-corrected chi connectivity index (χ3v) is 8.93. The standard InChI is InChI=1S/C29H36N2O4S/c1-30(2)36(33,34)28-16-14-27(15-17-28)35-23-9-20-31-21-18-26(19-22-31)29(32,24-10-5-3-6-11-24)25-12-7-4-8-13-25/h3-8,10-17,26,32H,9,18-23H2,1-2H3. The maximum absolute atomic E-state index is 12.2. The van der Waals surface area contributed by atoms with Gasteiger partial charge in [0.05, 0.1) is 11.5 Å². The van der Waals surface area contributed by atoms with Crippen LogP contribution in [0.4, 0.5) is 0 Å². The molecule has 1 N–H and O–H groups in total. The van der Waals surface area contributed by atoms with Crippen LogP contribution in [0.1, 0.15) is 30.4 Å². The van der Waals surface area contributed by atoms with Crippen LogP contribution in [-0.2, 0) is 15.6 Å². The first-order chi connectivity index (χ1) is 17.3. The fourth-order valence-corrected chi connectivity index (χ4v) is 5.90. The molecule has 192 valence electrons. The predicted octanol–water partition coefficient (Wildman–Crippen LogP) is 4.35. The predicted molar refractivity (Wildman–Crippen MR) is 142 cm³/mol. The smallest absolute Gasteiger partial charge is 0.242 e. The Morgan fingerprint density at radius 3 is 1.92 bits per heavy atom. The number of hydrogen-bond donors (Lipinski definition) is 1. The van der Waals surface area contributed by atoms with Crippen molar-refractivity contribution in [3.63, 3.8) is 0 Å². The van der Waals surface area contributed by atoms with Crippen LogP contribution in [-0.4, -0.2) is 63.1 Å². The summed E-state index contributed by atoms with van der Waals surface area (Å²) in [6.07, 6.45) is 2.72. The van der Waals surface area contributed by atoms with E-state index in [2.05, 4.69) is 4.90 Å². The minimum absolute atomic E-state index is 0.145. The second-order valence-electron chi connectivity index (χ2n) is 9.58. The van der Waals surface area contributed by atoms with Gasteiger partial charge in [0.2, 0.25) is 10.0 Å². The number of sulfonamides is 1. The first kappa shape index (κ1) is 26.4. The number of piperidine rings is 1. The Bertz CT molecular complexity index is 1150. The molecule has 1 saturated heterocycles. The molecule has 0 atom stereocenters. The van der Waals surface area contributed by atoms with Crippen LogP contribution >= 0.6 is 0 Å². The van der Waals surface area contributed by atoms with Gasteiger partial charge in [-0.3, -0.25) is 0 Å². The highest BCUT2D eigenvalue weighted by Crippen LogP contribution is 2.41. The molecular formula is C29H36N2O4S. The van der Waals surface area contributed by atoms with Crippen molar-refractivity contribution >= 4 is 10.0 Å². The summed E-state index contributed by atoms with van der Waals surface area (Å²) >= 11 is 0. The van der Waals surface area contributed by atoms with Crippen LogP contribution in [0.2, 0.25) is 0 Å². The first-order valence-electron chi connectivity index (χ1n) is 12.5. The number of rotatable bonds is 10. The minimum atomic E-state index is -3.43. The van der Waals surface area contributed by atoms with Gasteiger partial charge in [-0.15, -0.1) is 0 Å². The average Bonchev–Trinajstić information content (AvgIpc) is 2.92. The molecule has 1 heterocycles. The Labute approximate surface area is 215 Å². The van der Waals surface area contributed by atoms with Crippen molar-refractivity contribution in [3.8, 4) is 5.75 Å². The van der Waals surface area contributed by atoms with Crippen LogP contribution in [0.5, 0.6) is 5.75 Å². The lowest BCUT2D eigenvalue weighted by Crippen LogP contribution is -2.44. The van der Waals surface area contributed by atoms with Gasteiger partial charge in [-0.1, -0.05) is 60.7 Å². The fraction of sp³-hybridized carbons (Fsp3) is 0.379. The van der Waals surface area contributed by atoms with Crippen LogP contribution in [0.25, 0.3) is 0 Å². The van der Waals surface area contributed by atoms with Crippen molar-refractivity contribution in [2.24, 2.45) is 5.92 Å². The van der Waals surface area contributed by atoms with Crippen molar-refractivity contribution in [1.82, 2.24) is 9.21 Å². The molecule has 0 unspecified atom stereocenters. The van der Waals surface area contributed by atoms with E-state index in [0.29, 0.717) is 12.4 Å². The highest BCUT2D eigenvalue weighted by atomic mass is 32.2. The van der Waals surface area contributed by atoms with Crippen molar-refractivity contribution in [1.29, 1.82) is 0 Å². The lowest BCUT2D eigenvalue weighted by Gasteiger charge is -2.42. The zero-order chi connectivity index (χ0) is 25.6. The zero-order valence-corrected chi connectivity index (χ0v) is 21.9. The van der Waals surface area contributed by atoms with Gasteiger partial charge in [0, 0.05) is 20.6 Å². The number of likely N-dealkylation sites (tertiary alicyclic amines) is 1. The molecule has 6 nitrogen and oxygen atoms in total. The van der Waals surface area contributed by atoms with Crippen molar-refractivity contribution < 1.29 is 18.3 Å². The number of ether oxygens (including phenoxy) is 1. The van der Waals surface area contributed by atoms with E-state index in [1.54, 1.807) is 24.3 Å². The Balaban J connectivity index is 1.29. The Kier molecular flexibility index (Phi) is 8.46. The summed E-state index contributed by atoms with van der Waals surface area (Å²) in [4.78, 5) is 2.69. The van der Waals surface area contributed by atoms with Gasteiger partial charge < -0.3 is 14.7 Å². The molecule has 0 saturated carbocycles. The van der Waals surface area contributed by atoms with Gasteiger partial charge >= 0.3 is 0 Å². The molecule has 0 amide bonds. The quantitative estimate of drug-likeness (QED) is 0.412. The van der Waals surface area contributed by atoms with E-state index in [0.717, 1.165) is 50.0 Å². The molecule has 0 aromatic heterocycles. The molecule has 36 heavy (non-hydrogen) atoms. The number of hydrogen-bond acceptors (Lipinski definition) is 5. The molecule has 1 aliphatic rings. The maximum atomic E-state index is 12.2. The molecule has 4 rings (SSSR count). The van der Waals surface area contributed by atoms with Gasteiger partial charge in [0.1, 0.15) is 11.4 Å². The second-order valence-corrected chi connectivity index (χ2v) is 11.7. The summed E-state index contributed by atoms with van der Waals surface area (Å²) in [5.41, 5.74) is 0.907. The van der Waals surface area contributed by atoms with Crippen LogP contribution in [0.15, 0.2) is 89.8 Å². The molecule has 1 fully saturated rings. The van der Waals surface area contributed by atoms with E-state index in [1.807, 2.05) is 60.7 Å². The van der Waals surface area contributed by atoms with Gasteiger partial charge in [-0.05, 0) is 73.7 Å². The highest BCUT2D eigenvalue weighted by Gasteiger charge is 2.41. The van der Waals surface area contributed by atoms with Gasteiger partial charge in [-0.2, -0.15) is 0 Å². The maximum Gasteiger partial charge on any atom is 0.242 e. The molecule has 3 aromatic rings. The highest BCUT2D eigenvalue weighted by molar-refractivity contribution is 7.89. The molecule has 1 aliphatic heterocycles. The van der Waals surface area contributed by atoms with Gasteiger partial charge in [0.15, 0.2) is 0 Å². The SMILES string of the molecule is CN(C)S(=O)(=O)c1ccc(OCCCN2CCC(C(O)(c3ccccc3)c3ccccc3)CC2)cc1. The number of benzene rings is 3. The van der Waals surface area contributed by atoms with Crippen LogP contribution in [0, 0.1) is 5.92 Å². The summed E-state index contributed by atoms with van der Waals surface area (Å²) in [6, 6.07) is 26.6. The molecular weight excluding hydrogens is 472 g/mol. The fourth-order valence-electron chi connectivity index (χ4n) is 4.99. The van der Waals surface area contributed by atoms with E-state index in [4.69, 9.17) is 4.74 Å². The first-order valence-corrected chi connectivity index (χ1v) is 14.0. The van der Waals surface area contributed by atoms with E-state index >= 15 is 0 Å². The lowest BCUT2D eigenvalue weighted by atomic mass is 9.72. The summed E-state index contributed by atoms with van der Waals surface area (Å²) in [6.45, 7) is 3.36. The normalized spacial score (nSPS) is 15.8. The van der Waals surface area contributed by atoms with Gasteiger partial charge in [0.25, 0.3) is 0 Å². The van der Waals surface area contributed by atoms with Crippen molar-refractivity contribution in [3.05, 3.63) is 96.1 Å². The van der Waals surface area contributed by atoms with Crippen molar-refractivity contribution in [2.45, 2.75) is 29.8 Å². The largest absolute Gasteiger partial charge is 0.494 e. The third kappa shape index (κ3) is 5.81. The van der Waals surface area contributed by atoms with Crippen LogP contribution < -0.4 is 4.74 Å².